The molecule has 4 nitrogen and oxygen atoms in total. The van der Waals surface area contributed by atoms with E-state index < -0.39 is 0 Å². The highest BCUT2D eigenvalue weighted by molar-refractivity contribution is 5.43. The van der Waals surface area contributed by atoms with E-state index >= 15 is 0 Å². The molecule has 1 rings (SSSR count). The number of rotatable bonds is 5. The molecule has 1 aromatic rings. The van der Waals surface area contributed by atoms with Crippen molar-refractivity contribution >= 4 is 5.69 Å². The first-order chi connectivity index (χ1) is 7.19. The lowest BCUT2D eigenvalue weighted by atomic mass is 10.0. The van der Waals surface area contributed by atoms with Crippen LogP contribution in [0.4, 0.5) is 5.69 Å². The lowest BCUT2D eigenvalue weighted by molar-refractivity contribution is -0.385. The summed E-state index contributed by atoms with van der Waals surface area (Å²) in [6, 6.07) is 5.44. The van der Waals surface area contributed by atoms with Crippen molar-refractivity contribution in [1.82, 2.24) is 0 Å². The predicted molar refractivity (Wildman–Crippen MR) is 59.8 cm³/mol. The van der Waals surface area contributed by atoms with Crippen LogP contribution in [-0.2, 0) is 12.8 Å². The molecule has 82 valence electrons. The van der Waals surface area contributed by atoms with Crippen molar-refractivity contribution in [3.63, 3.8) is 0 Å². The predicted octanol–water partition coefficient (Wildman–Crippen LogP) is 2.05. The first kappa shape index (κ1) is 11.7. The van der Waals surface area contributed by atoms with E-state index in [1.165, 1.54) is 0 Å². The second kappa shape index (κ2) is 5.46. The zero-order chi connectivity index (χ0) is 11.3. The quantitative estimate of drug-likeness (QED) is 0.594. The molecule has 1 aromatic carbocycles. The summed E-state index contributed by atoms with van der Waals surface area (Å²) in [4.78, 5) is 10.5. The van der Waals surface area contributed by atoms with Gasteiger partial charge in [0.05, 0.1) is 4.92 Å². The molecule has 4 heteroatoms. The highest BCUT2D eigenvalue weighted by Gasteiger charge is 2.12. The molecule has 0 saturated carbocycles. The first-order valence-electron chi connectivity index (χ1n) is 5.15. The third-order valence-electron chi connectivity index (χ3n) is 2.40. The number of nitro benzene ring substituents is 1. The SMILES string of the molecule is CCc1ccc(CCCN)cc1[N+](=O)[O-]. The maximum Gasteiger partial charge on any atom is 0.272 e. The number of aryl methyl sites for hydroxylation is 2. The Bertz CT molecular complexity index is 350. The van der Waals surface area contributed by atoms with E-state index in [-0.39, 0.29) is 10.6 Å². The summed E-state index contributed by atoms with van der Waals surface area (Å²) in [6.45, 7) is 2.53. The highest BCUT2D eigenvalue weighted by atomic mass is 16.6. The van der Waals surface area contributed by atoms with Gasteiger partial charge in [-0.2, -0.15) is 0 Å². The molecule has 2 N–H and O–H groups in total. The lowest BCUT2D eigenvalue weighted by Gasteiger charge is -2.03. The molecule has 0 aliphatic heterocycles. The Morgan fingerprint density at radius 3 is 2.73 bits per heavy atom. The molecule has 0 bridgehead atoms. The molecule has 0 aromatic heterocycles. The molecule has 0 aliphatic rings. The Balaban J connectivity index is 2.94. The van der Waals surface area contributed by atoms with Crippen LogP contribution in [0.15, 0.2) is 18.2 Å². The standard InChI is InChI=1S/C11H16N2O2/c1-2-10-6-5-9(4-3-7-12)8-11(10)13(14)15/h5-6,8H,2-4,7,12H2,1H3. The fourth-order valence-corrected chi connectivity index (χ4v) is 1.54. The van der Waals surface area contributed by atoms with Gasteiger partial charge >= 0.3 is 0 Å². The van der Waals surface area contributed by atoms with Crippen molar-refractivity contribution in [3.05, 3.63) is 39.4 Å². The van der Waals surface area contributed by atoms with Crippen LogP contribution >= 0.6 is 0 Å². The Hall–Kier alpha value is -1.42. The Labute approximate surface area is 89.2 Å². The van der Waals surface area contributed by atoms with Gasteiger partial charge in [-0.1, -0.05) is 19.1 Å². The fraction of sp³-hybridized carbons (Fsp3) is 0.455. The Kier molecular flexibility index (Phi) is 4.24. The molecular formula is C11H16N2O2. The maximum atomic E-state index is 10.8. The molecule has 0 heterocycles. The molecule has 15 heavy (non-hydrogen) atoms. The van der Waals surface area contributed by atoms with Crippen LogP contribution in [0.3, 0.4) is 0 Å². The topological polar surface area (TPSA) is 69.2 Å². The van der Waals surface area contributed by atoms with E-state index in [2.05, 4.69) is 0 Å². The number of nitrogens with two attached hydrogens (primary N) is 1. The number of nitrogens with zero attached hydrogens (tertiary/aromatic N) is 1. The van der Waals surface area contributed by atoms with Gasteiger partial charge in [0.15, 0.2) is 0 Å². The molecule has 0 amide bonds. The molecule has 0 radical (unpaired) electrons. The number of hydrogen-bond acceptors (Lipinski definition) is 3. The van der Waals surface area contributed by atoms with E-state index in [0.29, 0.717) is 13.0 Å². The molecule has 0 saturated heterocycles. The normalized spacial score (nSPS) is 10.3. The van der Waals surface area contributed by atoms with E-state index in [1.807, 2.05) is 19.1 Å². The average molecular weight is 208 g/mol. The van der Waals surface area contributed by atoms with Crippen molar-refractivity contribution in [3.8, 4) is 0 Å². The molecule has 0 fully saturated rings. The maximum absolute atomic E-state index is 10.8. The third kappa shape index (κ3) is 3.02. The van der Waals surface area contributed by atoms with Crippen molar-refractivity contribution in [1.29, 1.82) is 0 Å². The highest BCUT2D eigenvalue weighted by Crippen LogP contribution is 2.21. The van der Waals surface area contributed by atoms with Crippen molar-refractivity contribution < 1.29 is 4.92 Å². The number of hydrogen-bond donors (Lipinski definition) is 1. The summed E-state index contributed by atoms with van der Waals surface area (Å²) in [5.41, 5.74) is 7.40. The van der Waals surface area contributed by atoms with Gasteiger partial charge in [0.2, 0.25) is 0 Å². The van der Waals surface area contributed by atoms with Gasteiger partial charge in [-0.05, 0) is 31.4 Å². The fourth-order valence-electron chi connectivity index (χ4n) is 1.54. The van der Waals surface area contributed by atoms with Gasteiger partial charge in [0.1, 0.15) is 0 Å². The summed E-state index contributed by atoms with van der Waals surface area (Å²) in [5, 5.41) is 10.8. The van der Waals surface area contributed by atoms with Gasteiger partial charge in [0, 0.05) is 11.6 Å². The van der Waals surface area contributed by atoms with Crippen LogP contribution in [0.2, 0.25) is 0 Å². The summed E-state index contributed by atoms with van der Waals surface area (Å²) in [7, 11) is 0. The van der Waals surface area contributed by atoms with Gasteiger partial charge in [-0.15, -0.1) is 0 Å². The minimum atomic E-state index is -0.315. The van der Waals surface area contributed by atoms with E-state index in [1.54, 1.807) is 6.07 Å². The molecular weight excluding hydrogens is 192 g/mol. The van der Waals surface area contributed by atoms with Gasteiger partial charge in [-0.3, -0.25) is 10.1 Å². The van der Waals surface area contributed by atoms with Crippen LogP contribution in [0, 0.1) is 10.1 Å². The average Bonchev–Trinajstić information content (AvgIpc) is 2.25. The Morgan fingerprint density at radius 1 is 1.47 bits per heavy atom. The van der Waals surface area contributed by atoms with Crippen LogP contribution in [0.1, 0.15) is 24.5 Å². The van der Waals surface area contributed by atoms with Crippen LogP contribution in [0.25, 0.3) is 0 Å². The molecule has 0 aliphatic carbocycles. The van der Waals surface area contributed by atoms with E-state index in [0.717, 1.165) is 24.0 Å². The number of nitro groups is 1. The zero-order valence-corrected chi connectivity index (χ0v) is 8.90. The van der Waals surface area contributed by atoms with E-state index in [4.69, 9.17) is 5.73 Å². The van der Waals surface area contributed by atoms with Crippen molar-refractivity contribution in [2.24, 2.45) is 5.73 Å². The van der Waals surface area contributed by atoms with Crippen LogP contribution in [-0.4, -0.2) is 11.5 Å². The van der Waals surface area contributed by atoms with Gasteiger partial charge in [0.25, 0.3) is 5.69 Å². The summed E-state index contributed by atoms with van der Waals surface area (Å²) >= 11 is 0. The lowest BCUT2D eigenvalue weighted by Crippen LogP contribution is -2.01. The molecule has 0 spiro atoms. The van der Waals surface area contributed by atoms with Crippen molar-refractivity contribution in [2.75, 3.05) is 6.54 Å². The van der Waals surface area contributed by atoms with Crippen LogP contribution in [0.5, 0.6) is 0 Å². The van der Waals surface area contributed by atoms with E-state index in [9.17, 15) is 10.1 Å². The minimum Gasteiger partial charge on any atom is -0.330 e. The minimum absolute atomic E-state index is 0.229. The second-order valence-corrected chi connectivity index (χ2v) is 3.47. The second-order valence-electron chi connectivity index (χ2n) is 3.47. The summed E-state index contributed by atoms with van der Waals surface area (Å²) in [5.74, 6) is 0. The number of benzene rings is 1. The van der Waals surface area contributed by atoms with Gasteiger partial charge < -0.3 is 5.73 Å². The summed E-state index contributed by atoms with van der Waals surface area (Å²) < 4.78 is 0. The zero-order valence-electron chi connectivity index (χ0n) is 8.90. The van der Waals surface area contributed by atoms with Crippen molar-refractivity contribution in [2.45, 2.75) is 26.2 Å². The summed E-state index contributed by atoms with van der Waals surface area (Å²) in [6.07, 6.45) is 2.36. The van der Waals surface area contributed by atoms with Crippen LogP contribution < -0.4 is 5.73 Å². The first-order valence-corrected chi connectivity index (χ1v) is 5.15. The largest absolute Gasteiger partial charge is 0.330 e. The monoisotopic (exact) mass is 208 g/mol. The molecule has 0 unspecified atom stereocenters. The molecule has 0 atom stereocenters. The Morgan fingerprint density at radius 2 is 2.20 bits per heavy atom. The smallest absolute Gasteiger partial charge is 0.272 e. The third-order valence-corrected chi connectivity index (χ3v) is 2.40. The van der Waals surface area contributed by atoms with Gasteiger partial charge in [-0.25, -0.2) is 0 Å².